The lowest BCUT2D eigenvalue weighted by Crippen LogP contribution is -2.57. The third-order valence-corrected chi connectivity index (χ3v) is 6.56. The van der Waals surface area contributed by atoms with Crippen LogP contribution in [0, 0.1) is 29.1 Å². The Balaban J connectivity index is 1.64. The molecule has 5 unspecified atom stereocenters. The summed E-state index contributed by atoms with van der Waals surface area (Å²) in [7, 11) is 0. The van der Waals surface area contributed by atoms with E-state index in [2.05, 4.69) is 18.3 Å². The van der Waals surface area contributed by atoms with Crippen LogP contribution in [0.5, 0.6) is 0 Å². The number of rotatable bonds is 4. The van der Waals surface area contributed by atoms with Crippen molar-refractivity contribution in [2.45, 2.75) is 38.1 Å². The molecule has 2 fully saturated rings. The maximum Gasteiger partial charge on any atom is 0.231 e. The molecule has 2 aromatic carbocycles. The van der Waals surface area contributed by atoms with E-state index >= 15 is 0 Å². The minimum atomic E-state index is -0.714. The molecule has 4 heteroatoms. The molecular formula is C26H26N2O2. The Labute approximate surface area is 177 Å². The van der Waals surface area contributed by atoms with Crippen molar-refractivity contribution in [1.29, 1.82) is 5.26 Å². The van der Waals surface area contributed by atoms with Crippen LogP contribution in [0.3, 0.4) is 0 Å². The topological polar surface area (TPSA) is 70.0 Å². The van der Waals surface area contributed by atoms with Gasteiger partial charge in [-0.15, -0.1) is 0 Å². The third kappa shape index (κ3) is 4.07. The highest BCUT2D eigenvalue weighted by molar-refractivity contribution is 6.09. The van der Waals surface area contributed by atoms with Gasteiger partial charge in [0.25, 0.3) is 0 Å². The zero-order chi connectivity index (χ0) is 21.1. The summed E-state index contributed by atoms with van der Waals surface area (Å²) in [5.74, 6) is -0.278. The first-order valence-electron chi connectivity index (χ1n) is 10.6. The molecular weight excluding hydrogens is 372 g/mol. The number of fused-ring (bicyclic) bond motifs is 1. The van der Waals surface area contributed by atoms with Crippen LogP contribution in [0.4, 0.5) is 0 Å². The quantitative estimate of drug-likeness (QED) is 0.610. The zero-order valence-electron chi connectivity index (χ0n) is 17.1. The molecule has 30 heavy (non-hydrogen) atoms. The van der Waals surface area contributed by atoms with Crippen molar-refractivity contribution < 1.29 is 9.59 Å². The molecule has 4 nitrogen and oxygen atoms in total. The van der Waals surface area contributed by atoms with Crippen LogP contribution in [0.1, 0.15) is 48.8 Å². The molecule has 0 bridgehead atoms. The Morgan fingerprint density at radius 1 is 1.10 bits per heavy atom. The van der Waals surface area contributed by atoms with E-state index in [1.54, 1.807) is 30.3 Å². The first-order chi connectivity index (χ1) is 14.6. The summed E-state index contributed by atoms with van der Waals surface area (Å²) in [6.45, 7) is 2.26. The first-order valence-corrected chi connectivity index (χ1v) is 10.6. The predicted octanol–water partition coefficient (Wildman–Crippen LogP) is 4.48. The maximum absolute atomic E-state index is 13.2. The van der Waals surface area contributed by atoms with E-state index in [4.69, 9.17) is 5.26 Å². The number of piperidine rings is 1. The smallest absolute Gasteiger partial charge is 0.231 e. The summed E-state index contributed by atoms with van der Waals surface area (Å²) in [6.07, 6.45) is 6.36. The van der Waals surface area contributed by atoms with Crippen LogP contribution in [-0.4, -0.2) is 17.7 Å². The molecule has 1 heterocycles. The number of nitrogens with zero attached hydrogens (tertiary/aromatic N) is 1. The number of carbonyl (C=O) groups excluding carboxylic acids is 2. The molecule has 4 rings (SSSR count). The van der Waals surface area contributed by atoms with Gasteiger partial charge in [0.1, 0.15) is 5.92 Å². The molecule has 0 spiro atoms. The fraction of sp³-hybridized carbons (Fsp3) is 0.346. The fourth-order valence-electron chi connectivity index (χ4n) is 5.06. The van der Waals surface area contributed by atoms with Gasteiger partial charge in [-0.3, -0.25) is 9.59 Å². The van der Waals surface area contributed by atoms with Gasteiger partial charge in [0.15, 0.2) is 5.78 Å². The van der Waals surface area contributed by atoms with Gasteiger partial charge < -0.3 is 5.32 Å². The molecule has 1 amide bonds. The van der Waals surface area contributed by atoms with Gasteiger partial charge in [-0.2, -0.15) is 5.26 Å². The van der Waals surface area contributed by atoms with Gasteiger partial charge in [0, 0.05) is 12.0 Å². The molecule has 1 saturated heterocycles. The number of allylic oxidation sites excluding steroid dienone is 1. The Bertz CT molecular complexity index is 988. The van der Waals surface area contributed by atoms with E-state index in [1.165, 1.54) is 6.08 Å². The van der Waals surface area contributed by atoms with E-state index in [0.717, 1.165) is 30.4 Å². The van der Waals surface area contributed by atoms with Gasteiger partial charge in [0.05, 0.1) is 11.6 Å². The van der Waals surface area contributed by atoms with Crippen LogP contribution in [0.25, 0.3) is 6.08 Å². The summed E-state index contributed by atoms with van der Waals surface area (Å²) < 4.78 is 0. The van der Waals surface area contributed by atoms with Crippen LogP contribution in [-0.2, 0) is 9.59 Å². The number of carbonyl (C=O) groups is 2. The average Bonchev–Trinajstić information content (AvgIpc) is 2.78. The lowest BCUT2D eigenvalue weighted by atomic mass is 9.63. The number of nitrogens with one attached hydrogen (secondary N) is 1. The highest BCUT2D eigenvalue weighted by Gasteiger charge is 2.48. The number of nitriles is 1. The van der Waals surface area contributed by atoms with Crippen molar-refractivity contribution in [3.63, 3.8) is 0 Å². The van der Waals surface area contributed by atoms with Crippen molar-refractivity contribution in [3.8, 4) is 6.07 Å². The van der Waals surface area contributed by atoms with Crippen LogP contribution in [0.2, 0.25) is 0 Å². The molecule has 0 radical (unpaired) electrons. The number of benzene rings is 2. The molecule has 2 aliphatic rings. The zero-order valence-corrected chi connectivity index (χ0v) is 17.1. The molecule has 5 atom stereocenters. The van der Waals surface area contributed by atoms with Gasteiger partial charge >= 0.3 is 0 Å². The number of hydrogen-bond donors (Lipinski definition) is 1. The van der Waals surface area contributed by atoms with Crippen LogP contribution < -0.4 is 5.32 Å². The van der Waals surface area contributed by atoms with Crippen LogP contribution in [0.15, 0.2) is 60.7 Å². The normalized spacial score (nSPS) is 28.4. The average molecular weight is 399 g/mol. The molecule has 1 N–H and O–H groups in total. The second-order valence-corrected chi connectivity index (χ2v) is 8.58. The lowest BCUT2D eigenvalue weighted by Gasteiger charge is -2.46. The van der Waals surface area contributed by atoms with E-state index < -0.39 is 5.92 Å². The summed E-state index contributed by atoms with van der Waals surface area (Å²) in [5, 5.41) is 12.1. The lowest BCUT2D eigenvalue weighted by molar-refractivity contribution is -0.138. The van der Waals surface area contributed by atoms with Gasteiger partial charge in [-0.05, 0) is 60.4 Å². The van der Waals surface area contributed by atoms with Crippen molar-refractivity contribution >= 4 is 17.8 Å². The van der Waals surface area contributed by atoms with Crippen LogP contribution >= 0.6 is 0 Å². The minimum absolute atomic E-state index is 0.106. The largest absolute Gasteiger partial charge is 0.352 e. The van der Waals surface area contributed by atoms with E-state index in [-0.39, 0.29) is 29.6 Å². The summed E-state index contributed by atoms with van der Waals surface area (Å²) >= 11 is 0. The Hall–Kier alpha value is -3.19. The van der Waals surface area contributed by atoms with Gasteiger partial charge in [-0.25, -0.2) is 0 Å². The summed E-state index contributed by atoms with van der Waals surface area (Å²) in [6, 6.07) is 19.3. The molecule has 0 aromatic heterocycles. The number of ketones is 1. The molecule has 152 valence electrons. The number of hydrogen-bond acceptors (Lipinski definition) is 3. The van der Waals surface area contributed by atoms with Crippen molar-refractivity contribution in [1.82, 2.24) is 5.32 Å². The standard InChI is InChI=1S/C26H26N2O2/c1-17-7-13-22-21(15-17)24(20-5-3-2-4-6-20)25(26(30)28-22)23(29)14-12-18-8-10-19(16-27)11-9-18/h2-6,8-12,14,17,21-22,24-25H,7,13,15H2,1H3,(H,28,30)/b14-12+. The molecule has 1 aliphatic heterocycles. The van der Waals surface area contributed by atoms with E-state index in [1.807, 2.05) is 30.3 Å². The third-order valence-electron chi connectivity index (χ3n) is 6.56. The van der Waals surface area contributed by atoms with E-state index in [0.29, 0.717) is 11.5 Å². The number of amides is 1. The summed E-state index contributed by atoms with van der Waals surface area (Å²) in [5.41, 5.74) is 2.48. The Morgan fingerprint density at radius 2 is 1.83 bits per heavy atom. The van der Waals surface area contributed by atoms with Gasteiger partial charge in [-0.1, -0.05) is 55.5 Å². The monoisotopic (exact) mass is 398 g/mol. The predicted molar refractivity (Wildman–Crippen MR) is 116 cm³/mol. The Kier molecular flexibility index (Phi) is 5.81. The maximum atomic E-state index is 13.2. The minimum Gasteiger partial charge on any atom is -0.352 e. The molecule has 1 saturated carbocycles. The highest BCUT2D eigenvalue weighted by Crippen LogP contribution is 2.45. The van der Waals surface area contributed by atoms with E-state index in [9.17, 15) is 9.59 Å². The second kappa shape index (κ2) is 8.67. The molecule has 1 aliphatic carbocycles. The molecule has 2 aromatic rings. The van der Waals surface area contributed by atoms with Crippen molar-refractivity contribution in [3.05, 3.63) is 77.4 Å². The highest BCUT2D eigenvalue weighted by atomic mass is 16.2. The SMILES string of the molecule is CC1CCC2NC(=O)C(C(=O)/C=C/c3ccc(C#N)cc3)C(c3ccccc3)C2C1. The first kappa shape index (κ1) is 20.1. The van der Waals surface area contributed by atoms with Crippen molar-refractivity contribution in [2.24, 2.45) is 17.8 Å². The van der Waals surface area contributed by atoms with Gasteiger partial charge in [0.2, 0.25) is 5.91 Å². The fourth-order valence-corrected chi connectivity index (χ4v) is 5.06. The van der Waals surface area contributed by atoms with Crippen molar-refractivity contribution in [2.75, 3.05) is 0 Å². The summed E-state index contributed by atoms with van der Waals surface area (Å²) in [4.78, 5) is 26.3. The second-order valence-electron chi connectivity index (χ2n) is 8.58. The Morgan fingerprint density at radius 3 is 2.53 bits per heavy atom.